The van der Waals surface area contributed by atoms with Crippen LogP contribution in [-0.2, 0) is 17.8 Å². The Morgan fingerprint density at radius 2 is 1.74 bits per heavy atom. The summed E-state index contributed by atoms with van der Waals surface area (Å²) in [4.78, 5) is 41.5. The van der Waals surface area contributed by atoms with Crippen LogP contribution in [0.25, 0.3) is 16.6 Å². The second-order valence-electron chi connectivity index (χ2n) is 8.68. The van der Waals surface area contributed by atoms with E-state index in [9.17, 15) is 23.9 Å². The summed E-state index contributed by atoms with van der Waals surface area (Å²) in [6, 6.07) is 20.6. The van der Waals surface area contributed by atoms with E-state index >= 15 is 0 Å². The molecule has 3 aromatic carbocycles. The highest BCUT2D eigenvalue weighted by Gasteiger charge is 2.18. The highest BCUT2D eigenvalue weighted by molar-refractivity contribution is 7.09. The molecule has 4 N–H and O–H groups in total. The van der Waals surface area contributed by atoms with Gasteiger partial charge in [-0.25, -0.2) is 18.5 Å². The van der Waals surface area contributed by atoms with E-state index < -0.39 is 23.3 Å². The number of hydrogen-bond donors (Lipinski definition) is 4. The molecule has 0 amide bonds. The van der Waals surface area contributed by atoms with Crippen LogP contribution in [0.5, 0.6) is 0 Å². The highest BCUT2D eigenvalue weighted by Crippen LogP contribution is 2.18. The van der Waals surface area contributed by atoms with Crippen molar-refractivity contribution in [2.45, 2.75) is 19.0 Å². The molecular weight excluding hydrogens is 507 g/mol. The van der Waals surface area contributed by atoms with Crippen molar-refractivity contribution in [1.82, 2.24) is 9.55 Å². The lowest BCUT2D eigenvalue weighted by Crippen LogP contribution is -2.33. The third kappa shape index (κ3) is 5.50. The Hall–Kier alpha value is -4.70. The maximum Gasteiger partial charge on any atom is 0.333 e. The summed E-state index contributed by atoms with van der Waals surface area (Å²) in [6.07, 6.45) is 0.333. The molecule has 1 unspecified atom stereocenters. The summed E-state index contributed by atoms with van der Waals surface area (Å²) in [6.45, 7) is 0.448. The van der Waals surface area contributed by atoms with Gasteiger partial charge in [-0.3, -0.25) is 4.79 Å². The Balaban J connectivity index is 1.35. The monoisotopic (exact) mass is 530 g/mol. The van der Waals surface area contributed by atoms with Crippen LogP contribution in [0.1, 0.15) is 10.4 Å². The molecular formula is C28H23FN4O4S. The molecule has 0 saturated heterocycles. The normalized spacial score (nSPS) is 11.8. The van der Waals surface area contributed by atoms with Crippen molar-refractivity contribution in [1.29, 1.82) is 0 Å². The number of carboxylic acid groups (broad SMARTS) is 1. The molecule has 0 saturated carbocycles. The van der Waals surface area contributed by atoms with E-state index in [2.05, 4.69) is 15.6 Å². The number of carbonyl (C=O) groups is 1. The zero-order valence-corrected chi connectivity index (χ0v) is 20.8. The van der Waals surface area contributed by atoms with Crippen molar-refractivity contribution in [2.75, 3.05) is 10.6 Å². The van der Waals surface area contributed by atoms with Crippen molar-refractivity contribution in [3.8, 4) is 5.69 Å². The molecule has 0 aliphatic rings. The average molecular weight is 531 g/mol. The molecule has 0 aliphatic carbocycles. The van der Waals surface area contributed by atoms with Gasteiger partial charge in [0.25, 0.3) is 5.56 Å². The standard InChI is InChI=1S/C28H23FN4O4S/c29-18-5-3-17(4-6-18)16-30-20-9-12-23-24(14-20)32-28(37)33(26(23)34)21-10-7-19(8-11-21)31-25(27(35)36)15-22-2-1-13-38-22/h1-14,25,30-31H,15-16H2,(H,32,37)(H,35,36). The lowest BCUT2D eigenvalue weighted by molar-refractivity contribution is -0.137. The zero-order chi connectivity index (χ0) is 26.6. The number of H-pyrrole nitrogens is 1. The number of aromatic amines is 1. The lowest BCUT2D eigenvalue weighted by atomic mass is 10.1. The van der Waals surface area contributed by atoms with E-state index in [-0.39, 0.29) is 5.82 Å². The average Bonchev–Trinajstić information content (AvgIpc) is 3.42. The molecule has 0 radical (unpaired) electrons. The molecule has 0 bridgehead atoms. The third-order valence-electron chi connectivity index (χ3n) is 6.06. The fourth-order valence-corrected chi connectivity index (χ4v) is 4.86. The fourth-order valence-electron chi connectivity index (χ4n) is 4.11. The number of carboxylic acids is 1. The van der Waals surface area contributed by atoms with E-state index in [0.717, 1.165) is 15.0 Å². The Bertz CT molecular complexity index is 1690. The maximum atomic E-state index is 13.2. The summed E-state index contributed by atoms with van der Waals surface area (Å²) in [5.41, 5.74) is 1.80. The van der Waals surface area contributed by atoms with Gasteiger partial charge in [-0.1, -0.05) is 18.2 Å². The van der Waals surface area contributed by atoms with Crippen molar-refractivity contribution in [2.24, 2.45) is 0 Å². The Kier molecular flexibility index (Phi) is 7.05. The molecule has 5 aromatic rings. The first-order valence-corrected chi connectivity index (χ1v) is 12.6. The summed E-state index contributed by atoms with van der Waals surface area (Å²) >= 11 is 1.49. The molecule has 5 rings (SSSR count). The SMILES string of the molecule is O=C(O)C(Cc1cccs1)Nc1ccc(-n2c(=O)[nH]c3cc(NCc4ccc(F)cc4)ccc3c2=O)cc1. The summed E-state index contributed by atoms with van der Waals surface area (Å²) in [7, 11) is 0. The summed E-state index contributed by atoms with van der Waals surface area (Å²) in [5, 5.41) is 18.0. The first-order chi connectivity index (χ1) is 18.4. The van der Waals surface area contributed by atoms with E-state index in [0.29, 0.717) is 40.9 Å². The fraction of sp³-hybridized carbons (Fsp3) is 0.107. The minimum absolute atomic E-state index is 0.308. The van der Waals surface area contributed by atoms with Gasteiger partial charge in [-0.2, -0.15) is 0 Å². The van der Waals surface area contributed by atoms with Crippen LogP contribution in [0, 0.1) is 5.82 Å². The Labute approximate surface area is 220 Å². The zero-order valence-electron chi connectivity index (χ0n) is 20.0. The first kappa shape index (κ1) is 25.0. The van der Waals surface area contributed by atoms with Crippen LogP contribution in [0.3, 0.4) is 0 Å². The van der Waals surface area contributed by atoms with Gasteiger partial charge in [0.1, 0.15) is 11.9 Å². The lowest BCUT2D eigenvalue weighted by Gasteiger charge is -2.15. The molecule has 0 fully saturated rings. The molecule has 2 aromatic heterocycles. The van der Waals surface area contributed by atoms with Crippen molar-refractivity contribution >= 4 is 39.6 Å². The van der Waals surface area contributed by atoms with Crippen LogP contribution in [0.2, 0.25) is 0 Å². The molecule has 38 heavy (non-hydrogen) atoms. The number of fused-ring (bicyclic) bond motifs is 1. The van der Waals surface area contributed by atoms with E-state index in [4.69, 9.17) is 0 Å². The van der Waals surface area contributed by atoms with Crippen LogP contribution in [-0.4, -0.2) is 26.7 Å². The second-order valence-corrected chi connectivity index (χ2v) is 9.71. The molecule has 1 atom stereocenters. The number of nitrogens with zero attached hydrogens (tertiary/aromatic N) is 1. The second kappa shape index (κ2) is 10.7. The Morgan fingerprint density at radius 1 is 1.00 bits per heavy atom. The molecule has 2 heterocycles. The molecule has 8 nitrogen and oxygen atoms in total. The van der Waals surface area contributed by atoms with Gasteiger partial charge in [0.15, 0.2) is 0 Å². The van der Waals surface area contributed by atoms with E-state index in [1.807, 2.05) is 17.5 Å². The molecule has 0 spiro atoms. The van der Waals surface area contributed by atoms with Crippen LogP contribution in [0.4, 0.5) is 15.8 Å². The predicted molar refractivity (Wildman–Crippen MR) is 147 cm³/mol. The minimum atomic E-state index is -0.976. The van der Waals surface area contributed by atoms with Gasteiger partial charge in [-0.15, -0.1) is 11.3 Å². The number of benzene rings is 3. The number of aromatic nitrogens is 2. The van der Waals surface area contributed by atoms with Crippen molar-refractivity contribution in [3.05, 3.63) is 121 Å². The highest BCUT2D eigenvalue weighted by atomic mass is 32.1. The van der Waals surface area contributed by atoms with Crippen molar-refractivity contribution < 1.29 is 14.3 Å². The molecule has 10 heteroatoms. The molecule has 192 valence electrons. The summed E-state index contributed by atoms with van der Waals surface area (Å²) < 4.78 is 14.1. The molecule has 0 aliphatic heterocycles. The van der Waals surface area contributed by atoms with Crippen molar-refractivity contribution in [3.63, 3.8) is 0 Å². The number of halogens is 1. The quantitative estimate of drug-likeness (QED) is 0.221. The van der Waals surface area contributed by atoms with Gasteiger partial charge in [0, 0.05) is 29.2 Å². The number of aliphatic carboxylic acids is 1. The number of nitrogens with one attached hydrogen (secondary N) is 3. The van der Waals surface area contributed by atoms with Crippen LogP contribution in [0.15, 0.2) is 93.8 Å². The van der Waals surface area contributed by atoms with E-state index in [1.54, 1.807) is 54.6 Å². The number of anilines is 2. The number of thiophene rings is 1. The van der Waals surface area contributed by atoms with Crippen LogP contribution < -0.4 is 21.9 Å². The predicted octanol–water partition coefficient (Wildman–Crippen LogP) is 4.60. The summed E-state index contributed by atoms with van der Waals surface area (Å²) in [5.74, 6) is -1.28. The van der Waals surface area contributed by atoms with Gasteiger partial charge >= 0.3 is 11.7 Å². The third-order valence-corrected chi connectivity index (χ3v) is 6.96. The number of rotatable bonds is 9. The Morgan fingerprint density at radius 3 is 2.42 bits per heavy atom. The van der Waals surface area contributed by atoms with Gasteiger partial charge in [-0.05, 0) is 71.6 Å². The topological polar surface area (TPSA) is 116 Å². The first-order valence-electron chi connectivity index (χ1n) is 11.8. The van der Waals surface area contributed by atoms with Gasteiger partial charge in [0.05, 0.1) is 16.6 Å². The van der Waals surface area contributed by atoms with Gasteiger partial charge in [0.2, 0.25) is 0 Å². The smallest absolute Gasteiger partial charge is 0.333 e. The maximum absolute atomic E-state index is 13.2. The van der Waals surface area contributed by atoms with E-state index in [1.165, 1.54) is 23.5 Å². The largest absolute Gasteiger partial charge is 0.480 e. The minimum Gasteiger partial charge on any atom is -0.480 e. The van der Waals surface area contributed by atoms with Crippen LogP contribution >= 0.6 is 11.3 Å². The van der Waals surface area contributed by atoms with Gasteiger partial charge < -0.3 is 20.7 Å². The number of hydrogen-bond acceptors (Lipinski definition) is 6.